The molecule has 0 aliphatic rings. The normalized spacial score (nSPS) is 11.1. The van der Waals surface area contributed by atoms with Crippen molar-refractivity contribution in [3.63, 3.8) is 0 Å². The van der Waals surface area contributed by atoms with Crippen molar-refractivity contribution in [3.8, 4) is 11.1 Å². The van der Waals surface area contributed by atoms with Gasteiger partial charge in [-0.05, 0) is 33.5 Å². The van der Waals surface area contributed by atoms with Crippen molar-refractivity contribution in [1.29, 1.82) is 0 Å². The molecule has 146 valence electrons. The molecule has 4 heteroatoms. The zero-order valence-corrected chi connectivity index (χ0v) is 16.5. The molecule has 0 radical (unpaired) electrons. The van der Waals surface area contributed by atoms with Crippen LogP contribution >= 0.6 is 0 Å². The Hall–Kier alpha value is -3.92. The van der Waals surface area contributed by atoms with Crippen LogP contribution in [0.2, 0.25) is 0 Å². The summed E-state index contributed by atoms with van der Waals surface area (Å²) in [5, 5.41) is 2.32. The van der Waals surface area contributed by atoms with Gasteiger partial charge in [-0.15, -0.1) is 0 Å². The van der Waals surface area contributed by atoms with Gasteiger partial charge in [0.15, 0.2) is 0 Å². The molecule has 4 nitrogen and oxygen atoms in total. The minimum absolute atomic E-state index is 0.0205. The molecule has 0 saturated heterocycles. The van der Waals surface area contributed by atoms with Crippen LogP contribution in [0.5, 0.6) is 0 Å². The Balaban J connectivity index is 1.44. The van der Waals surface area contributed by atoms with Crippen LogP contribution < -0.4 is 5.56 Å². The number of rotatable bonds is 5. The fraction of sp³-hybridized carbons (Fsp3) is 0.0769. The van der Waals surface area contributed by atoms with Gasteiger partial charge >= 0.3 is 0 Å². The molecule has 0 amide bonds. The van der Waals surface area contributed by atoms with Crippen LogP contribution in [0, 0.1) is 0 Å². The molecule has 0 saturated carbocycles. The number of nitrogens with zero attached hydrogens (tertiary/aromatic N) is 3. The van der Waals surface area contributed by atoms with Gasteiger partial charge < -0.3 is 9.13 Å². The van der Waals surface area contributed by atoms with Crippen molar-refractivity contribution in [2.75, 3.05) is 0 Å². The molecule has 0 bridgehead atoms. The second-order valence-corrected chi connectivity index (χ2v) is 7.41. The second-order valence-electron chi connectivity index (χ2n) is 7.41. The molecule has 0 aliphatic heterocycles. The smallest absolute Gasteiger partial charge is 0.251 e. The Morgan fingerprint density at radius 1 is 0.767 bits per heavy atom. The van der Waals surface area contributed by atoms with E-state index in [0.717, 1.165) is 28.8 Å². The van der Waals surface area contributed by atoms with Gasteiger partial charge in [-0.1, -0.05) is 72.8 Å². The number of pyridine rings is 1. The monoisotopic (exact) mass is 391 g/mol. The largest absolute Gasteiger partial charge is 0.328 e. The van der Waals surface area contributed by atoms with Gasteiger partial charge in [-0.3, -0.25) is 4.79 Å². The third-order valence-electron chi connectivity index (χ3n) is 5.42. The summed E-state index contributed by atoms with van der Waals surface area (Å²) in [6.07, 6.45) is 5.52. The van der Waals surface area contributed by atoms with E-state index in [2.05, 4.69) is 45.9 Å². The predicted octanol–water partition coefficient (Wildman–Crippen LogP) is 4.96. The Morgan fingerprint density at radius 3 is 2.43 bits per heavy atom. The summed E-state index contributed by atoms with van der Waals surface area (Å²) in [6.45, 7) is 1.22. The highest BCUT2D eigenvalue weighted by Gasteiger charge is 2.08. The van der Waals surface area contributed by atoms with E-state index in [0.29, 0.717) is 6.54 Å². The van der Waals surface area contributed by atoms with Crippen molar-refractivity contribution in [1.82, 2.24) is 14.1 Å². The van der Waals surface area contributed by atoms with E-state index >= 15 is 0 Å². The minimum Gasteiger partial charge on any atom is -0.328 e. The zero-order valence-electron chi connectivity index (χ0n) is 16.5. The van der Waals surface area contributed by atoms with Crippen molar-refractivity contribution < 1.29 is 0 Å². The van der Waals surface area contributed by atoms with Crippen molar-refractivity contribution in [3.05, 3.63) is 125 Å². The highest BCUT2D eigenvalue weighted by atomic mass is 16.1. The number of fused-ring (bicyclic) bond motifs is 1. The van der Waals surface area contributed by atoms with E-state index in [4.69, 9.17) is 0 Å². The quantitative estimate of drug-likeness (QED) is 0.425. The van der Waals surface area contributed by atoms with Gasteiger partial charge in [0.05, 0.1) is 18.6 Å². The maximum absolute atomic E-state index is 12.9. The van der Waals surface area contributed by atoms with Crippen molar-refractivity contribution >= 4 is 10.8 Å². The van der Waals surface area contributed by atoms with Crippen LogP contribution in [0.4, 0.5) is 0 Å². The number of hydrogen-bond donors (Lipinski definition) is 0. The van der Waals surface area contributed by atoms with Crippen LogP contribution in [0.1, 0.15) is 11.3 Å². The molecule has 2 aromatic heterocycles. The molecule has 0 unspecified atom stereocenters. The number of hydrogen-bond acceptors (Lipinski definition) is 2. The van der Waals surface area contributed by atoms with Crippen molar-refractivity contribution in [2.45, 2.75) is 13.1 Å². The lowest BCUT2D eigenvalue weighted by Gasteiger charge is -2.12. The summed E-state index contributed by atoms with van der Waals surface area (Å²) in [5.74, 6) is 0. The van der Waals surface area contributed by atoms with Crippen LogP contribution in [-0.4, -0.2) is 14.1 Å². The molecular weight excluding hydrogens is 370 g/mol. The van der Waals surface area contributed by atoms with Crippen LogP contribution in [-0.2, 0) is 13.1 Å². The molecule has 0 fully saturated rings. The Labute approximate surface area is 174 Å². The summed E-state index contributed by atoms with van der Waals surface area (Å²) < 4.78 is 3.81. The summed E-state index contributed by atoms with van der Waals surface area (Å²) >= 11 is 0. The van der Waals surface area contributed by atoms with E-state index in [1.54, 1.807) is 10.6 Å². The fourth-order valence-corrected chi connectivity index (χ4v) is 3.86. The topological polar surface area (TPSA) is 39.8 Å². The third-order valence-corrected chi connectivity index (χ3v) is 5.42. The molecule has 0 aliphatic carbocycles. The van der Waals surface area contributed by atoms with E-state index in [9.17, 15) is 4.79 Å². The van der Waals surface area contributed by atoms with Gasteiger partial charge in [0, 0.05) is 25.0 Å². The lowest BCUT2D eigenvalue weighted by Crippen LogP contribution is -2.20. The highest BCUT2D eigenvalue weighted by Crippen LogP contribution is 2.27. The Kier molecular flexibility index (Phi) is 4.74. The summed E-state index contributed by atoms with van der Waals surface area (Å²) in [6, 6.07) is 28.4. The average Bonchev–Trinajstić information content (AvgIpc) is 3.22. The van der Waals surface area contributed by atoms with E-state index in [1.807, 2.05) is 61.2 Å². The maximum atomic E-state index is 12.9. The average molecular weight is 391 g/mol. The van der Waals surface area contributed by atoms with Crippen molar-refractivity contribution in [2.24, 2.45) is 0 Å². The van der Waals surface area contributed by atoms with E-state index < -0.39 is 0 Å². The minimum atomic E-state index is -0.0205. The molecule has 0 N–H and O–H groups in total. The standard InChI is InChI=1S/C26H21N3O/c30-26-15-22(25-12-6-10-21-9-4-5-11-24(21)25)13-14-28(26)18-23-16-27-19-29(23)17-20-7-2-1-3-8-20/h1-16,19H,17-18H2. The predicted molar refractivity (Wildman–Crippen MR) is 121 cm³/mol. The van der Waals surface area contributed by atoms with Gasteiger partial charge in [-0.25, -0.2) is 4.98 Å². The van der Waals surface area contributed by atoms with E-state index in [-0.39, 0.29) is 5.56 Å². The fourth-order valence-electron chi connectivity index (χ4n) is 3.86. The Morgan fingerprint density at radius 2 is 1.57 bits per heavy atom. The molecule has 2 heterocycles. The molecule has 5 aromatic rings. The first kappa shape index (κ1) is 18.1. The lowest BCUT2D eigenvalue weighted by atomic mass is 9.99. The number of benzene rings is 3. The molecular formula is C26H21N3O. The Bertz CT molecular complexity index is 1360. The summed E-state index contributed by atoms with van der Waals surface area (Å²) in [4.78, 5) is 17.2. The summed E-state index contributed by atoms with van der Waals surface area (Å²) in [7, 11) is 0. The number of imidazole rings is 1. The summed E-state index contributed by atoms with van der Waals surface area (Å²) in [5.41, 5.74) is 4.19. The third kappa shape index (κ3) is 3.55. The maximum Gasteiger partial charge on any atom is 0.251 e. The lowest BCUT2D eigenvalue weighted by molar-refractivity contribution is 0.671. The SMILES string of the molecule is O=c1cc(-c2cccc3ccccc23)ccn1Cc1cncn1Cc1ccccc1. The van der Waals surface area contributed by atoms with Crippen LogP contribution in [0.15, 0.2) is 108 Å². The van der Waals surface area contributed by atoms with Crippen LogP contribution in [0.3, 0.4) is 0 Å². The zero-order chi connectivity index (χ0) is 20.3. The molecule has 3 aromatic carbocycles. The number of aromatic nitrogens is 3. The van der Waals surface area contributed by atoms with E-state index in [1.165, 1.54) is 10.9 Å². The molecule has 30 heavy (non-hydrogen) atoms. The molecule has 5 rings (SSSR count). The molecule has 0 atom stereocenters. The van der Waals surface area contributed by atoms with Gasteiger partial charge in [-0.2, -0.15) is 0 Å². The second kappa shape index (κ2) is 7.84. The first-order valence-corrected chi connectivity index (χ1v) is 9.99. The first-order valence-electron chi connectivity index (χ1n) is 9.99. The first-order chi connectivity index (χ1) is 14.8. The van der Waals surface area contributed by atoms with Gasteiger partial charge in [0.1, 0.15) is 0 Å². The van der Waals surface area contributed by atoms with Crippen LogP contribution in [0.25, 0.3) is 21.9 Å². The van der Waals surface area contributed by atoms with Gasteiger partial charge in [0.25, 0.3) is 5.56 Å². The highest BCUT2D eigenvalue weighted by molar-refractivity contribution is 5.96. The molecule has 0 spiro atoms. The van der Waals surface area contributed by atoms with Gasteiger partial charge in [0.2, 0.25) is 0 Å².